The van der Waals surface area contributed by atoms with Gasteiger partial charge in [-0.25, -0.2) is 4.98 Å². The van der Waals surface area contributed by atoms with Crippen LogP contribution < -0.4 is 0 Å². The van der Waals surface area contributed by atoms with Gasteiger partial charge in [0, 0.05) is 12.6 Å². The Balaban J connectivity index is 2.07. The van der Waals surface area contributed by atoms with Crippen molar-refractivity contribution in [3.8, 4) is 11.6 Å². The highest BCUT2D eigenvalue weighted by molar-refractivity contribution is 5.52. The molecule has 0 saturated carbocycles. The summed E-state index contributed by atoms with van der Waals surface area (Å²) < 4.78 is 5.80. The van der Waals surface area contributed by atoms with Crippen LogP contribution in [0.1, 0.15) is 29.9 Å². The molecule has 0 radical (unpaired) electrons. The highest BCUT2D eigenvalue weighted by Crippen LogP contribution is 2.27. The number of nitrogens with zero attached hydrogens (tertiary/aromatic N) is 2. The van der Waals surface area contributed by atoms with E-state index in [0.717, 1.165) is 35.6 Å². The van der Waals surface area contributed by atoms with Crippen LogP contribution in [0.4, 0.5) is 0 Å². The molecule has 82 valence electrons. The van der Waals surface area contributed by atoms with E-state index < -0.39 is 0 Å². The summed E-state index contributed by atoms with van der Waals surface area (Å²) in [5.74, 6) is 1.75. The number of aryl methyl sites for hydroxylation is 3. The molecular weight excluding hydrogens is 200 g/mol. The van der Waals surface area contributed by atoms with Crippen LogP contribution in [0.2, 0.25) is 0 Å². The van der Waals surface area contributed by atoms with Crippen molar-refractivity contribution in [1.82, 2.24) is 9.97 Å². The molecule has 0 saturated heterocycles. The van der Waals surface area contributed by atoms with Crippen LogP contribution in [0.5, 0.6) is 0 Å². The van der Waals surface area contributed by atoms with E-state index in [2.05, 4.69) is 9.97 Å². The third-order valence-corrected chi connectivity index (χ3v) is 3.06. The molecule has 1 aliphatic carbocycles. The monoisotopic (exact) mass is 214 g/mol. The maximum Gasteiger partial charge on any atom is 0.245 e. The molecule has 0 unspecified atom stereocenters. The lowest BCUT2D eigenvalue weighted by molar-refractivity contribution is 0.485. The molecule has 3 nitrogen and oxygen atoms in total. The molecule has 0 aromatic carbocycles. The van der Waals surface area contributed by atoms with Crippen LogP contribution in [-0.4, -0.2) is 9.97 Å². The quantitative estimate of drug-likeness (QED) is 0.732. The Labute approximate surface area is 94.5 Å². The minimum atomic E-state index is 0.685. The smallest absolute Gasteiger partial charge is 0.245 e. The van der Waals surface area contributed by atoms with Gasteiger partial charge in [0.1, 0.15) is 11.5 Å². The molecule has 0 amide bonds. The van der Waals surface area contributed by atoms with Gasteiger partial charge in [-0.1, -0.05) is 6.07 Å². The van der Waals surface area contributed by atoms with Crippen molar-refractivity contribution in [2.75, 3.05) is 0 Å². The summed E-state index contributed by atoms with van der Waals surface area (Å²) >= 11 is 0. The number of oxazole rings is 1. The second-order valence-electron chi connectivity index (χ2n) is 4.26. The van der Waals surface area contributed by atoms with Crippen molar-refractivity contribution < 1.29 is 4.42 Å². The van der Waals surface area contributed by atoms with Gasteiger partial charge < -0.3 is 4.42 Å². The molecule has 2 aromatic rings. The summed E-state index contributed by atoms with van der Waals surface area (Å²) in [5.41, 5.74) is 3.12. The summed E-state index contributed by atoms with van der Waals surface area (Å²) in [4.78, 5) is 8.89. The number of aromatic nitrogens is 2. The molecule has 2 aromatic heterocycles. The summed E-state index contributed by atoms with van der Waals surface area (Å²) in [7, 11) is 0. The number of rotatable bonds is 1. The summed E-state index contributed by atoms with van der Waals surface area (Å²) in [6, 6.07) is 3.97. The van der Waals surface area contributed by atoms with E-state index in [9.17, 15) is 0 Å². The van der Waals surface area contributed by atoms with Crippen molar-refractivity contribution >= 4 is 0 Å². The molecule has 2 heterocycles. The van der Waals surface area contributed by atoms with Gasteiger partial charge in [-0.2, -0.15) is 0 Å². The van der Waals surface area contributed by atoms with Gasteiger partial charge >= 0.3 is 0 Å². The fourth-order valence-corrected chi connectivity index (χ4v) is 2.16. The van der Waals surface area contributed by atoms with Crippen LogP contribution in [-0.2, 0) is 12.8 Å². The molecule has 1 aliphatic rings. The first-order chi connectivity index (χ1) is 7.84. The van der Waals surface area contributed by atoms with Gasteiger partial charge in [0.25, 0.3) is 0 Å². The molecule has 3 heteroatoms. The van der Waals surface area contributed by atoms with Gasteiger partial charge in [0.2, 0.25) is 5.89 Å². The zero-order valence-corrected chi connectivity index (χ0v) is 9.36. The molecule has 0 atom stereocenters. The first-order valence-corrected chi connectivity index (χ1v) is 5.75. The number of pyridine rings is 1. The lowest BCUT2D eigenvalue weighted by Gasteiger charge is -2.05. The average Bonchev–Trinajstić information content (AvgIpc) is 2.73. The highest BCUT2D eigenvalue weighted by atomic mass is 16.4. The second kappa shape index (κ2) is 3.74. The topological polar surface area (TPSA) is 38.9 Å². The van der Waals surface area contributed by atoms with Crippen LogP contribution in [0, 0.1) is 6.92 Å². The molecule has 0 bridgehead atoms. The highest BCUT2D eigenvalue weighted by Gasteiger charge is 2.18. The maximum atomic E-state index is 5.80. The normalized spacial score (nSPS) is 14.8. The largest absolute Gasteiger partial charge is 0.440 e. The Morgan fingerprint density at radius 3 is 2.94 bits per heavy atom. The van der Waals surface area contributed by atoms with Gasteiger partial charge in [0.15, 0.2) is 0 Å². The Bertz CT molecular complexity index is 493. The minimum Gasteiger partial charge on any atom is -0.440 e. The summed E-state index contributed by atoms with van der Waals surface area (Å²) in [6.45, 7) is 2.03. The third kappa shape index (κ3) is 1.52. The fourth-order valence-electron chi connectivity index (χ4n) is 2.16. The molecule has 0 spiro atoms. The van der Waals surface area contributed by atoms with Crippen molar-refractivity contribution in [2.24, 2.45) is 0 Å². The SMILES string of the molecule is Cc1cccnc1-c1nc2c(o1)CCCC2. The van der Waals surface area contributed by atoms with E-state index in [1.54, 1.807) is 6.20 Å². The minimum absolute atomic E-state index is 0.685. The first-order valence-electron chi connectivity index (χ1n) is 5.75. The fraction of sp³-hybridized carbons (Fsp3) is 0.385. The molecular formula is C13H14N2O. The average molecular weight is 214 g/mol. The van der Waals surface area contributed by atoms with Crippen LogP contribution in [0.3, 0.4) is 0 Å². The zero-order valence-electron chi connectivity index (χ0n) is 9.36. The van der Waals surface area contributed by atoms with E-state index in [0.29, 0.717) is 5.89 Å². The van der Waals surface area contributed by atoms with Gasteiger partial charge in [-0.3, -0.25) is 4.98 Å². The number of hydrogen-bond acceptors (Lipinski definition) is 3. The Morgan fingerprint density at radius 2 is 2.12 bits per heavy atom. The lowest BCUT2D eigenvalue weighted by atomic mass is 10.0. The van der Waals surface area contributed by atoms with Gasteiger partial charge in [-0.15, -0.1) is 0 Å². The predicted molar refractivity (Wildman–Crippen MR) is 61.1 cm³/mol. The molecule has 0 aliphatic heterocycles. The van der Waals surface area contributed by atoms with Crippen LogP contribution >= 0.6 is 0 Å². The lowest BCUT2D eigenvalue weighted by Crippen LogP contribution is -1.99. The number of fused-ring (bicyclic) bond motifs is 1. The Hall–Kier alpha value is -1.64. The molecule has 3 rings (SSSR count). The van der Waals surface area contributed by atoms with E-state index in [-0.39, 0.29) is 0 Å². The van der Waals surface area contributed by atoms with Crippen LogP contribution in [0.15, 0.2) is 22.7 Å². The Kier molecular flexibility index (Phi) is 2.24. The van der Waals surface area contributed by atoms with Crippen molar-refractivity contribution in [2.45, 2.75) is 32.6 Å². The van der Waals surface area contributed by atoms with Gasteiger partial charge in [-0.05, 0) is 37.8 Å². The predicted octanol–water partition coefficient (Wildman–Crippen LogP) is 2.92. The van der Waals surface area contributed by atoms with Crippen LogP contribution in [0.25, 0.3) is 11.6 Å². The number of hydrogen-bond donors (Lipinski definition) is 0. The first kappa shape index (κ1) is 9.58. The summed E-state index contributed by atoms with van der Waals surface area (Å²) in [6.07, 6.45) is 6.29. The second-order valence-corrected chi connectivity index (χ2v) is 4.26. The maximum absolute atomic E-state index is 5.80. The van der Waals surface area contributed by atoms with Crippen molar-refractivity contribution in [3.05, 3.63) is 35.3 Å². The molecule has 0 fully saturated rings. The van der Waals surface area contributed by atoms with E-state index >= 15 is 0 Å². The van der Waals surface area contributed by atoms with E-state index in [1.165, 1.54) is 12.8 Å². The standard InChI is InChI=1S/C13H14N2O/c1-9-5-4-8-14-12(9)13-15-10-6-2-3-7-11(10)16-13/h4-5,8H,2-3,6-7H2,1H3. The van der Waals surface area contributed by atoms with E-state index in [1.807, 2.05) is 19.1 Å². The molecule has 16 heavy (non-hydrogen) atoms. The Morgan fingerprint density at radius 1 is 1.25 bits per heavy atom. The molecule has 0 N–H and O–H groups in total. The van der Waals surface area contributed by atoms with Crippen molar-refractivity contribution in [3.63, 3.8) is 0 Å². The summed E-state index contributed by atoms with van der Waals surface area (Å²) in [5, 5.41) is 0. The zero-order chi connectivity index (χ0) is 11.0. The van der Waals surface area contributed by atoms with Crippen molar-refractivity contribution in [1.29, 1.82) is 0 Å². The van der Waals surface area contributed by atoms with E-state index in [4.69, 9.17) is 4.42 Å². The third-order valence-electron chi connectivity index (χ3n) is 3.06. The van der Waals surface area contributed by atoms with Gasteiger partial charge in [0.05, 0.1) is 5.69 Å².